The zero-order valence-electron chi connectivity index (χ0n) is 17.4. The molecule has 2 atom stereocenters. The highest BCUT2D eigenvalue weighted by molar-refractivity contribution is 8.00. The van der Waals surface area contributed by atoms with Gasteiger partial charge in [0.2, 0.25) is 10.4 Å². The van der Waals surface area contributed by atoms with Crippen LogP contribution in [0.25, 0.3) is 0 Å². The molecule has 188 valence electrons. The van der Waals surface area contributed by atoms with Gasteiger partial charge in [0, 0.05) is 11.1 Å². The van der Waals surface area contributed by atoms with Gasteiger partial charge >= 0.3 is 11.9 Å². The minimum absolute atomic E-state index is 0.0275. The maximum absolute atomic E-state index is 13.0. The van der Waals surface area contributed by atoms with Gasteiger partial charge in [-0.25, -0.2) is 14.6 Å². The fourth-order valence-corrected chi connectivity index (χ4v) is 5.02. The van der Waals surface area contributed by atoms with Gasteiger partial charge in [0.15, 0.2) is 10.8 Å². The molecule has 12 nitrogen and oxygen atoms in total. The smallest absolute Gasteiger partial charge is 0.352 e. The highest BCUT2D eigenvalue weighted by Gasteiger charge is 2.54. The number of allylic oxidation sites excluding steroid dienone is 1. The van der Waals surface area contributed by atoms with Gasteiger partial charge in [-0.3, -0.25) is 14.5 Å². The third-order valence-corrected chi connectivity index (χ3v) is 6.75. The van der Waals surface area contributed by atoms with E-state index >= 15 is 0 Å². The zero-order chi connectivity index (χ0) is 25.9. The van der Waals surface area contributed by atoms with Crippen molar-refractivity contribution < 1.29 is 33.9 Å². The third kappa shape index (κ3) is 6.38. The normalized spacial score (nSPS) is 20.0. The van der Waals surface area contributed by atoms with Gasteiger partial charge in [-0.1, -0.05) is 52.6 Å². The summed E-state index contributed by atoms with van der Waals surface area (Å²) in [5.41, 5.74) is 5.49. The van der Waals surface area contributed by atoms with E-state index in [4.69, 9.17) is 50.1 Å². The summed E-state index contributed by atoms with van der Waals surface area (Å²) in [6.07, 6.45) is 1.37. The summed E-state index contributed by atoms with van der Waals surface area (Å²) in [5.74, 6) is -3.40. The average Bonchev–Trinajstić information content (AvgIpc) is 3.22. The van der Waals surface area contributed by atoms with E-state index in [0.29, 0.717) is 5.57 Å². The van der Waals surface area contributed by atoms with Crippen molar-refractivity contribution in [2.45, 2.75) is 15.2 Å². The molecule has 2 aliphatic rings. The molecular formula is C18H16Cl3N5O7S2. The molecule has 3 heterocycles. The number of amides is 2. The van der Waals surface area contributed by atoms with Gasteiger partial charge < -0.3 is 25.7 Å². The number of β-lactam (4-membered cyclic amide) rings is 1. The molecule has 2 aliphatic heterocycles. The second-order valence-corrected chi connectivity index (χ2v) is 11.3. The van der Waals surface area contributed by atoms with Crippen molar-refractivity contribution in [1.29, 1.82) is 0 Å². The number of thiazole rings is 1. The monoisotopic (exact) mass is 583 g/mol. The Bertz CT molecular complexity index is 1130. The number of fused-ring (bicyclic) bond motifs is 1. The van der Waals surface area contributed by atoms with E-state index in [1.54, 1.807) is 0 Å². The molecular weight excluding hydrogens is 569 g/mol. The minimum Gasteiger partial charge on any atom is -0.477 e. The van der Waals surface area contributed by atoms with Crippen LogP contribution in [0.1, 0.15) is 5.69 Å². The van der Waals surface area contributed by atoms with Crippen LogP contribution < -0.4 is 11.1 Å². The SMILES string of the molecule is C=CC1=C(C(=O)O)N2C(=O)C(NC(=O)/C(=N/OCC(=O)OCC(Cl)(Cl)Cl)c3csc(N)n3)[C@H]2SC1. The number of nitrogen functional groups attached to an aromatic ring is 1. The Morgan fingerprint density at radius 1 is 1.43 bits per heavy atom. The Morgan fingerprint density at radius 2 is 2.14 bits per heavy atom. The van der Waals surface area contributed by atoms with Gasteiger partial charge in [-0.2, -0.15) is 0 Å². The highest BCUT2D eigenvalue weighted by Crippen LogP contribution is 2.40. The highest BCUT2D eigenvalue weighted by atomic mass is 35.6. The van der Waals surface area contributed by atoms with E-state index in [2.05, 4.69) is 22.0 Å². The van der Waals surface area contributed by atoms with Crippen molar-refractivity contribution >= 4 is 92.5 Å². The fourth-order valence-electron chi connectivity index (χ4n) is 2.96. The van der Waals surface area contributed by atoms with E-state index in [0.717, 1.165) is 16.2 Å². The van der Waals surface area contributed by atoms with Gasteiger partial charge in [-0.15, -0.1) is 23.1 Å². The van der Waals surface area contributed by atoms with Crippen LogP contribution in [-0.2, 0) is 28.8 Å². The van der Waals surface area contributed by atoms with Crippen LogP contribution in [0.3, 0.4) is 0 Å². The minimum atomic E-state index is -1.81. The molecule has 3 rings (SSSR count). The molecule has 1 fully saturated rings. The summed E-state index contributed by atoms with van der Waals surface area (Å²) in [6.45, 7) is 2.33. The molecule has 0 radical (unpaired) electrons. The molecule has 1 aromatic heterocycles. The van der Waals surface area contributed by atoms with Gasteiger partial charge in [0.1, 0.15) is 29.4 Å². The quantitative estimate of drug-likeness (QED) is 0.126. The first-order chi connectivity index (χ1) is 16.4. The number of rotatable bonds is 9. The van der Waals surface area contributed by atoms with E-state index in [-0.39, 0.29) is 28.0 Å². The molecule has 1 aromatic rings. The maximum atomic E-state index is 13.0. The predicted octanol–water partition coefficient (Wildman–Crippen LogP) is 1.28. The number of hydrogen-bond donors (Lipinski definition) is 3. The van der Waals surface area contributed by atoms with Crippen LogP contribution in [0.5, 0.6) is 0 Å². The number of thioether (sulfide) groups is 1. The maximum Gasteiger partial charge on any atom is 0.352 e. The number of esters is 1. The van der Waals surface area contributed by atoms with Crippen LogP contribution in [0, 0.1) is 0 Å². The molecule has 0 bridgehead atoms. The van der Waals surface area contributed by atoms with Crippen molar-refractivity contribution in [3.05, 3.63) is 35.0 Å². The van der Waals surface area contributed by atoms with Crippen LogP contribution in [0.4, 0.5) is 5.13 Å². The number of aliphatic carboxylic acids is 1. The van der Waals surface area contributed by atoms with Crippen molar-refractivity contribution in [2.75, 3.05) is 24.7 Å². The summed E-state index contributed by atoms with van der Waals surface area (Å²) in [7, 11) is 0. The number of carboxylic acid groups (broad SMARTS) is 1. The number of aromatic nitrogens is 1. The third-order valence-electron chi connectivity index (χ3n) is 4.45. The fraction of sp³-hybridized carbons (Fsp3) is 0.333. The lowest BCUT2D eigenvalue weighted by atomic mass is 10.0. The summed E-state index contributed by atoms with van der Waals surface area (Å²) >= 11 is 18.8. The molecule has 0 spiro atoms. The molecule has 0 aromatic carbocycles. The van der Waals surface area contributed by atoms with Crippen LogP contribution in [-0.4, -0.2) is 78.6 Å². The molecule has 1 saturated heterocycles. The van der Waals surface area contributed by atoms with Crippen molar-refractivity contribution in [3.63, 3.8) is 0 Å². The molecule has 4 N–H and O–H groups in total. The summed E-state index contributed by atoms with van der Waals surface area (Å²) < 4.78 is 2.88. The Balaban J connectivity index is 1.72. The molecule has 0 saturated carbocycles. The van der Waals surface area contributed by atoms with E-state index in [1.807, 2.05) is 0 Å². The first-order valence-electron chi connectivity index (χ1n) is 9.41. The molecule has 2 amide bonds. The molecule has 17 heteroatoms. The van der Waals surface area contributed by atoms with Gasteiger partial charge in [0.05, 0.1) is 0 Å². The van der Waals surface area contributed by atoms with Crippen molar-refractivity contribution in [1.82, 2.24) is 15.2 Å². The Kier molecular flexibility index (Phi) is 8.54. The Morgan fingerprint density at radius 3 is 2.71 bits per heavy atom. The second kappa shape index (κ2) is 11.0. The number of alkyl halides is 3. The number of hydrogen-bond acceptors (Lipinski definition) is 11. The van der Waals surface area contributed by atoms with Crippen LogP contribution in [0.15, 0.2) is 34.5 Å². The average molecular weight is 585 g/mol. The lowest BCUT2D eigenvalue weighted by Crippen LogP contribution is -2.71. The summed E-state index contributed by atoms with van der Waals surface area (Å²) in [6, 6.07) is -1.04. The first-order valence-corrected chi connectivity index (χ1v) is 12.5. The Labute approximate surface area is 221 Å². The predicted molar refractivity (Wildman–Crippen MR) is 130 cm³/mol. The van der Waals surface area contributed by atoms with Crippen molar-refractivity contribution in [2.24, 2.45) is 5.16 Å². The number of carboxylic acids is 1. The largest absolute Gasteiger partial charge is 0.477 e. The number of nitrogens with two attached hydrogens (primary N) is 1. The van der Waals surface area contributed by atoms with E-state index < -0.39 is 52.2 Å². The van der Waals surface area contributed by atoms with Gasteiger partial charge in [0.25, 0.3) is 11.8 Å². The number of anilines is 1. The van der Waals surface area contributed by atoms with E-state index in [9.17, 15) is 24.3 Å². The summed E-state index contributed by atoms with van der Waals surface area (Å²) in [5, 5.41) is 16.5. The number of halogens is 3. The molecule has 1 unspecified atom stereocenters. The topological polar surface area (TPSA) is 174 Å². The molecule has 0 aliphatic carbocycles. The lowest BCUT2D eigenvalue weighted by molar-refractivity contribution is -0.150. The summed E-state index contributed by atoms with van der Waals surface area (Å²) in [4.78, 5) is 59.0. The van der Waals surface area contributed by atoms with Crippen molar-refractivity contribution in [3.8, 4) is 0 Å². The standard InChI is InChI=1S/C18H16Cl3N5O7S2/c1-2-7-4-34-15-11(14(29)26(15)12(7)16(30)31)24-13(28)10(8-5-35-17(22)23-8)25-33-3-9(27)32-6-18(19,20)21/h2,5,11,15H,1,3-4,6H2,(H2,22,23)(H,24,28)(H,30,31)/b25-10+/t11?,15-/m1/s1. The number of carbonyl (C=O) groups is 4. The number of nitrogens with zero attached hydrogens (tertiary/aromatic N) is 3. The number of nitrogens with one attached hydrogen (secondary N) is 1. The lowest BCUT2D eigenvalue weighted by Gasteiger charge is -2.49. The number of carbonyl (C=O) groups excluding carboxylic acids is 3. The Hall–Kier alpha value is -2.52. The van der Waals surface area contributed by atoms with Crippen LogP contribution >= 0.6 is 57.9 Å². The molecule has 35 heavy (non-hydrogen) atoms. The van der Waals surface area contributed by atoms with Crippen LogP contribution in [0.2, 0.25) is 0 Å². The zero-order valence-corrected chi connectivity index (χ0v) is 21.3. The van der Waals surface area contributed by atoms with E-state index in [1.165, 1.54) is 23.2 Å². The second-order valence-electron chi connectivity index (χ2n) is 6.80. The number of oxime groups is 1. The first kappa shape index (κ1) is 27.1. The van der Waals surface area contributed by atoms with Gasteiger partial charge in [-0.05, 0) is 5.57 Å². The number of ether oxygens (including phenoxy) is 1.